The quantitative estimate of drug-likeness (QED) is 0.132. The van der Waals surface area contributed by atoms with Crippen LogP contribution in [0.3, 0.4) is 0 Å². The SMILES string of the molecule is [Pt+2].[c-]1c(Oc2[c-]c3c(cc2)c2cccnc2n2c(-c4ccccc4)cnc32)ccc2c1c1nccn1c1cc(-c3ccccc3)ccc21. The number of nitrogens with zero attached hydrogens (tertiary/aromatic N) is 5. The Balaban J connectivity index is 0.00000314. The standard InChI is InChI=1S/C41H23N5O.Pt/c1-3-8-26(9-4-1)28-13-16-33-31-17-14-29(23-35(31)39-43-20-21-45(39)37(33)22-28)47-30-15-18-32-34-12-7-19-42-40(34)46-38(27-10-5-2-6-11-27)25-44-41(46)36(32)24-30;/h1-22,25H;/q-2;+2. The zero-order valence-electron chi connectivity index (χ0n) is 25.2. The van der Waals surface area contributed by atoms with Gasteiger partial charge in [-0.1, -0.05) is 125 Å². The molecule has 6 nitrogen and oxygen atoms in total. The van der Waals surface area contributed by atoms with E-state index in [1.54, 1.807) is 0 Å². The summed E-state index contributed by atoms with van der Waals surface area (Å²) in [6, 6.07) is 46.5. The van der Waals surface area contributed by atoms with Gasteiger partial charge < -0.3 is 13.5 Å². The summed E-state index contributed by atoms with van der Waals surface area (Å²) in [5.74, 6) is 1.17. The van der Waals surface area contributed by atoms with Gasteiger partial charge in [0.1, 0.15) is 5.65 Å². The summed E-state index contributed by atoms with van der Waals surface area (Å²) in [5.41, 5.74) is 7.93. The molecule has 5 heterocycles. The van der Waals surface area contributed by atoms with Crippen LogP contribution in [-0.4, -0.2) is 23.8 Å². The first-order valence-electron chi connectivity index (χ1n) is 15.4. The molecular weight excluding hydrogens is 774 g/mol. The van der Waals surface area contributed by atoms with E-state index in [9.17, 15) is 0 Å². The number of ether oxygens (including phenoxy) is 1. The van der Waals surface area contributed by atoms with Crippen molar-refractivity contribution in [1.82, 2.24) is 23.8 Å². The summed E-state index contributed by atoms with van der Waals surface area (Å²) in [7, 11) is 0. The number of imidazole rings is 2. The topological polar surface area (TPSA) is 56.7 Å². The van der Waals surface area contributed by atoms with E-state index >= 15 is 0 Å². The zero-order chi connectivity index (χ0) is 30.9. The first-order chi connectivity index (χ1) is 23.3. The summed E-state index contributed by atoms with van der Waals surface area (Å²) in [6.07, 6.45) is 7.56. The number of hydrogen-bond donors (Lipinski definition) is 0. The molecule has 0 fully saturated rings. The van der Waals surface area contributed by atoms with Crippen LogP contribution in [-0.2, 0) is 21.1 Å². The van der Waals surface area contributed by atoms with Crippen molar-refractivity contribution in [2.75, 3.05) is 0 Å². The molecule has 0 N–H and O–H groups in total. The summed E-state index contributed by atoms with van der Waals surface area (Å²) in [5, 5.41) is 5.99. The van der Waals surface area contributed by atoms with E-state index in [2.05, 4.69) is 93.7 Å². The molecule has 0 saturated carbocycles. The average molecular weight is 797 g/mol. The Morgan fingerprint density at radius 1 is 0.521 bits per heavy atom. The van der Waals surface area contributed by atoms with E-state index in [4.69, 9.17) is 19.7 Å². The van der Waals surface area contributed by atoms with Gasteiger partial charge in [-0.15, -0.1) is 12.1 Å². The molecule has 5 aromatic heterocycles. The predicted octanol–water partition coefficient (Wildman–Crippen LogP) is 9.71. The van der Waals surface area contributed by atoms with Gasteiger partial charge in [0, 0.05) is 41.8 Å². The van der Waals surface area contributed by atoms with Crippen molar-refractivity contribution in [1.29, 1.82) is 0 Å². The molecule has 10 aromatic rings. The Labute approximate surface area is 289 Å². The third kappa shape index (κ3) is 4.34. The van der Waals surface area contributed by atoms with Gasteiger partial charge in [0.05, 0.1) is 17.0 Å². The second-order valence-corrected chi connectivity index (χ2v) is 11.6. The van der Waals surface area contributed by atoms with E-state index < -0.39 is 0 Å². The van der Waals surface area contributed by atoms with Crippen molar-refractivity contribution >= 4 is 54.8 Å². The fourth-order valence-corrected chi connectivity index (χ4v) is 6.78. The third-order valence-corrected chi connectivity index (χ3v) is 8.92. The monoisotopic (exact) mass is 796 g/mol. The summed E-state index contributed by atoms with van der Waals surface area (Å²) in [6.45, 7) is 0. The number of benzene rings is 5. The molecule has 0 atom stereocenters. The molecule has 0 aliphatic rings. The Morgan fingerprint density at radius 2 is 1.19 bits per heavy atom. The normalized spacial score (nSPS) is 11.6. The molecule has 0 saturated heterocycles. The molecule has 0 bridgehead atoms. The van der Waals surface area contributed by atoms with E-state index in [-0.39, 0.29) is 21.1 Å². The Morgan fingerprint density at radius 3 is 1.96 bits per heavy atom. The smallest absolute Gasteiger partial charge is 0.497 e. The van der Waals surface area contributed by atoms with Crippen LogP contribution in [0, 0.1) is 12.1 Å². The van der Waals surface area contributed by atoms with E-state index in [0.717, 1.165) is 71.6 Å². The maximum Gasteiger partial charge on any atom is 2.00 e. The van der Waals surface area contributed by atoms with Gasteiger partial charge in [-0.05, 0) is 39.6 Å². The number of hydrogen-bond acceptors (Lipinski definition) is 4. The molecule has 10 rings (SSSR count). The number of rotatable bonds is 4. The van der Waals surface area contributed by atoms with Crippen LogP contribution in [0.1, 0.15) is 0 Å². The van der Waals surface area contributed by atoms with Gasteiger partial charge in [0.25, 0.3) is 0 Å². The van der Waals surface area contributed by atoms with Crippen LogP contribution in [0.4, 0.5) is 0 Å². The predicted molar refractivity (Wildman–Crippen MR) is 187 cm³/mol. The van der Waals surface area contributed by atoms with Gasteiger partial charge in [-0.3, -0.25) is 9.97 Å². The third-order valence-electron chi connectivity index (χ3n) is 8.92. The Kier molecular flexibility index (Phi) is 6.59. The molecule has 48 heavy (non-hydrogen) atoms. The minimum Gasteiger partial charge on any atom is -0.497 e. The van der Waals surface area contributed by atoms with Gasteiger partial charge in [0.15, 0.2) is 0 Å². The second kappa shape index (κ2) is 11.1. The van der Waals surface area contributed by atoms with Crippen LogP contribution >= 0.6 is 0 Å². The van der Waals surface area contributed by atoms with E-state index in [1.165, 1.54) is 5.56 Å². The molecule has 0 unspecified atom stereocenters. The summed E-state index contributed by atoms with van der Waals surface area (Å²) >= 11 is 0. The van der Waals surface area contributed by atoms with Crippen LogP contribution in [0.25, 0.3) is 77.2 Å². The van der Waals surface area contributed by atoms with Crippen molar-refractivity contribution in [3.05, 3.63) is 152 Å². The molecule has 5 aromatic carbocycles. The first kappa shape index (κ1) is 28.4. The molecule has 7 heteroatoms. The van der Waals surface area contributed by atoms with Crippen LogP contribution in [0.15, 0.2) is 140 Å². The van der Waals surface area contributed by atoms with Crippen LogP contribution in [0.2, 0.25) is 0 Å². The van der Waals surface area contributed by atoms with E-state index in [1.807, 2.05) is 67.3 Å². The fraction of sp³-hybridized carbons (Fsp3) is 0. The van der Waals surface area contributed by atoms with Crippen LogP contribution < -0.4 is 4.74 Å². The molecular formula is C41H23N5OPt. The molecule has 0 amide bonds. The van der Waals surface area contributed by atoms with Gasteiger partial charge in [0.2, 0.25) is 0 Å². The van der Waals surface area contributed by atoms with Crippen molar-refractivity contribution in [3.8, 4) is 33.9 Å². The fourth-order valence-electron chi connectivity index (χ4n) is 6.78. The Hall–Kier alpha value is -5.84. The van der Waals surface area contributed by atoms with Crippen molar-refractivity contribution in [2.24, 2.45) is 0 Å². The zero-order valence-corrected chi connectivity index (χ0v) is 27.5. The molecule has 0 aliphatic carbocycles. The van der Waals surface area contributed by atoms with Crippen molar-refractivity contribution in [3.63, 3.8) is 0 Å². The van der Waals surface area contributed by atoms with Crippen molar-refractivity contribution in [2.45, 2.75) is 0 Å². The Bertz CT molecular complexity index is 2830. The molecule has 0 aliphatic heterocycles. The van der Waals surface area contributed by atoms with Gasteiger partial charge >= 0.3 is 21.1 Å². The summed E-state index contributed by atoms with van der Waals surface area (Å²) in [4.78, 5) is 14.4. The van der Waals surface area contributed by atoms with E-state index in [0.29, 0.717) is 11.5 Å². The van der Waals surface area contributed by atoms with Gasteiger partial charge in [-0.25, -0.2) is 4.98 Å². The maximum absolute atomic E-state index is 6.46. The minimum atomic E-state index is 0. The molecule has 228 valence electrons. The minimum absolute atomic E-state index is 0. The van der Waals surface area contributed by atoms with Crippen molar-refractivity contribution < 1.29 is 25.8 Å². The number of fused-ring (bicyclic) bond motifs is 12. The van der Waals surface area contributed by atoms with Crippen LogP contribution in [0.5, 0.6) is 11.5 Å². The second-order valence-electron chi connectivity index (χ2n) is 11.6. The maximum atomic E-state index is 6.46. The summed E-state index contributed by atoms with van der Waals surface area (Å²) < 4.78 is 10.7. The average Bonchev–Trinajstić information content (AvgIpc) is 3.82. The number of aromatic nitrogens is 5. The van der Waals surface area contributed by atoms with Gasteiger partial charge in [-0.2, -0.15) is 0 Å². The first-order valence-corrected chi connectivity index (χ1v) is 15.4. The molecule has 0 spiro atoms. The molecule has 0 radical (unpaired) electrons. The largest absolute Gasteiger partial charge is 2.00 e. The number of pyridine rings is 3.